The van der Waals surface area contributed by atoms with Crippen LogP contribution in [0.2, 0.25) is 0 Å². The van der Waals surface area contributed by atoms with Crippen LogP contribution < -0.4 is 11.1 Å². The molecule has 2 saturated heterocycles. The molecule has 6 fully saturated rings. The summed E-state index contributed by atoms with van der Waals surface area (Å²) in [5.74, 6) is 4.05. The summed E-state index contributed by atoms with van der Waals surface area (Å²) in [6, 6.07) is 1.58. The molecule has 4 saturated carbocycles. The first-order valence-corrected chi connectivity index (χ1v) is 16.2. The number of hydrogen-bond acceptors (Lipinski definition) is 4. The van der Waals surface area contributed by atoms with Crippen molar-refractivity contribution in [2.75, 3.05) is 19.6 Å². The molecule has 0 bridgehead atoms. The fourth-order valence-corrected chi connectivity index (χ4v) is 9.91. The topological polar surface area (TPSA) is 85.4 Å². The zero-order valence-electron chi connectivity index (χ0n) is 23.2. The fraction of sp³-hybridized carbons (Fsp3) is 0.935. The summed E-state index contributed by atoms with van der Waals surface area (Å²) < 4.78 is 0. The van der Waals surface area contributed by atoms with E-state index in [1.54, 1.807) is 0 Å². The highest BCUT2D eigenvalue weighted by Crippen LogP contribution is 2.47. The van der Waals surface area contributed by atoms with Crippen LogP contribution in [0.5, 0.6) is 0 Å². The van der Waals surface area contributed by atoms with Crippen LogP contribution in [0.4, 0.5) is 0 Å². The number of nitrogens with two attached hydrogens (primary N) is 1. The number of carbonyl (C=O) groups is 1. The summed E-state index contributed by atoms with van der Waals surface area (Å²) >= 11 is 0. The van der Waals surface area contributed by atoms with Crippen LogP contribution in [-0.2, 0) is 4.79 Å². The van der Waals surface area contributed by atoms with Crippen LogP contribution in [0.3, 0.4) is 0 Å². The first-order chi connectivity index (χ1) is 18.1. The summed E-state index contributed by atoms with van der Waals surface area (Å²) in [7, 11) is 0. The Hall–Kier alpha value is -1.14. The normalized spacial score (nSPS) is 43.2. The monoisotopic (exact) mass is 511 g/mol. The van der Waals surface area contributed by atoms with Crippen LogP contribution in [0.25, 0.3) is 0 Å². The standard InChI is InChI=1S/C31H53N5O/c32-30(33)23-11-10-22-18-29(31(37)34-25-12-14-26(15-13-25)35-16-3-4-17-35)36(28(22)19-23)20-24-8-5-7-21-6-1-2-9-27(21)24/h21-29H,1-20H2,(H3,32,33)(H,34,37). The van der Waals surface area contributed by atoms with Crippen molar-refractivity contribution in [3.05, 3.63) is 0 Å². The fourth-order valence-electron chi connectivity index (χ4n) is 9.91. The lowest BCUT2D eigenvalue weighted by Gasteiger charge is -2.45. The van der Waals surface area contributed by atoms with E-state index in [0.29, 0.717) is 29.7 Å². The van der Waals surface area contributed by atoms with E-state index in [1.165, 1.54) is 83.7 Å². The molecule has 6 rings (SSSR count). The van der Waals surface area contributed by atoms with Gasteiger partial charge in [0.25, 0.3) is 0 Å². The van der Waals surface area contributed by atoms with Crippen molar-refractivity contribution >= 4 is 11.7 Å². The second kappa shape index (κ2) is 11.5. The molecule has 0 aromatic rings. The van der Waals surface area contributed by atoms with Gasteiger partial charge >= 0.3 is 0 Å². The minimum Gasteiger partial charge on any atom is -0.387 e. The van der Waals surface area contributed by atoms with Gasteiger partial charge in [0.05, 0.1) is 11.9 Å². The quantitative estimate of drug-likeness (QED) is 0.349. The Morgan fingerprint density at radius 2 is 1.57 bits per heavy atom. The van der Waals surface area contributed by atoms with E-state index in [0.717, 1.165) is 68.9 Å². The van der Waals surface area contributed by atoms with Crippen LogP contribution in [0, 0.1) is 35.0 Å². The first kappa shape index (κ1) is 26.1. The molecule has 2 aliphatic heterocycles. The second-order valence-corrected chi connectivity index (χ2v) is 13.9. The number of amides is 1. The Labute approximate surface area is 225 Å². The average Bonchev–Trinajstić information content (AvgIpc) is 3.58. The third-order valence-electron chi connectivity index (χ3n) is 11.9. The van der Waals surface area contributed by atoms with Gasteiger partial charge < -0.3 is 16.0 Å². The molecule has 7 atom stereocenters. The van der Waals surface area contributed by atoms with Crippen molar-refractivity contribution in [3.63, 3.8) is 0 Å². The Morgan fingerprint density at radius 1 is 0.811 bits per heavy atom. The summed E-state index contributed by atoms with van der Waals surface area (Å²) in [6.07, 6.45) is 21.5. The molecule has 0 radical (unpaired) electrons. The van der Waals surface area contributed by atoms with E-state index in [-0.39, 0.29) is 12.0 Å². The summed E-state index contributed by atoms with van der Waals surface area (Å²) in [5, 5.41) is 11.7. The molecule has 4 aliphatic carbocycles. The van der Waals surface area contributed by atoms with Gasteiger partial charge in [0.15, 0.2) is 0 Å². The predicted molar refractivity (Wildman–Crippen MR) is 149 cm³/mol. The number of likely N-dealkylation sites (tertiary alicyclic amines) is 2. The molecule has 37 heavy (non-hydrogen) atoms. The smallest absolute Gasteiger partial charge is 0.237 e. The van der Waals surface area contributed by atoms with Crippen molar-refractivity contribution in [1.82, 2.24) is 15.1 Å². The van der Waals surface area contributed by atoms with Gasteiger partial charge in [-0.05, 0) is 114 Å². The number of nitrogens with zero attached hydrogens (tertiary/aromatic N) is 2. The molecule has 0 spiro atoms. The van der Waals surface area contributed by atoms with E-state index in [2.05, 4.69) is 15.1 Å². The van der Waals surface area contributed by atoms with Gasteiger partial charge in [-0.3, -0.25) is 15.1 Å². The molecule has 6 aliphatic rings. The lowest BCUT2D eigenvalue weighted by molar-refractivity contribution is -0.127. The average molecular weight is 512 g/mol. The maximum Gasteiger partial charge on any atom is 0.237 e. The van der Waals surface area contributed by atoms with Crippen molar-refractivity contribution in [3.8, 4) is 0 Å². The van der Waals surface area contributed by atoms with Crippen molar-refractivity contribution in [2.24, 2.45) is 35.3 Å². The third-order valence-corrected chi connectivity index (χ3v) is 11.9. The van der Waals surface area contributed by atoms with Crippen molar-refractivity contribution < 1.29 is 4.79 Å². The van der Waals surface area contributed by atoms with Crippen LogP contribution in [-0.4, -0.2) is 65.3 Å². The Bertz CT molecular complexity index is 801. The number of nitrogens with one attached hydrogen (secondary N) is 2. The number of hydrogen-bond donors (Lipinski definition) is 3. The summed E-state index contributed by atoms with van der Waals surface area (Å²) in [6.45, 7) is 3.67. The number of rotatable bonds is 6. The van der Waals surface area contributed by atoms with Gasteiger partial charge in [-0.2, -0.15) is 0 Å². The Kier molecular flexibility index (Phi) is 8.14. The number of fused-ring (bicyclic) bond motifs is 2. The molecule has 7 unspecified atom stereocenters. The maximum absolute atomic E-state index is 13.9. The molecule has 6 nitrogen and oxygen atoms in total. The third kappa shape index (κ3) is 5.62. The lowest BCUT2D eigenvalue weighted by atomic mass is 9.65. The van der Waals surface area contributed by atoms with E-state index in [9.17, 15) is 4.79 Å². The van der Waals surface area contributed by atoms with Gasteiger partial charge in [0.2, 0.25) is 5.91 Å². The van der Waals surface area contributed by atoms with Crippen molar-refractivity contribution in [1.29, 1.82) is 5.41 Å². The largest absolute Gasteiger partial charge is 0.387 e. The second-order valence-electron chi connectivity index (χ2n) is 13.9. The molecule has 4 N–H and O–H groups in total. The SMILES string of the molecule is N=C(N)C1CCC2CC(C(=O)NC3CCC(N4CCCC4)CC3)N(CC3CCCC4CCCCC43)C2C1. The highest BCUT2D eigenvalue weighted by molar-refractivity contribution is 5.83. The van der Waals surface area contributed by atoms with Gasteiger partial charge in [0, 0.05) is 30.6 Å². The van der Waals surface area contributed by atoms with Gasteiger partial charge in [-0.1, -0.05) is 32.1 Å². The van der Waals surface area contributed by atoms with Crippen LogP contribution in [0.1, 0.15) is 109 Å². The van der Waals surface area contributed by atoms with Gasteiger partial charge in [0.1, 0.15) is 0 Å². The molecule has 6 heteroatoms. The first-order valence-electron chi connectivity index (χ1n) is 16.2. The van der Waals surface area contributed by atoms with Gasteiger partial charge in [-0.25, -0.2) is 0 Å². The molecular formula is C31H53N5O. The number of amidine groups is 1. The lowest BCUT2D eigenvalue weighted by Crippen LogP contribution is -2.53. The minimum absolute atomic E-state index is 0.0287. The molecular weight excluding hydrogens is 458 g/mol. The molecule has 0 aromatic carbocycles. The van der Waals surface area contributed by atoms with Crippen LogP contribution >= 0.6 is 0 Å². The van der Waals surface area contributed by atoms with Crippen molar-refractivity contribution in [2.45, 2.75) is 133 Å². The highest BCUT2D eigenvalue weighted by Gasteiger charge is 2.49. The van der Waals surface area contributed by atoms with Gasteiger partial charge in [-0.15, -0.1) is 0 Å². The summed E-state index contributed by atoms with van der Waals surface area (Å²) in [5.41, 5.74) is 6.02. The molecule has 208 valence electrons. The predicted octanol–water partition coefficient (Wildman–Crippen LogP) is 4.91. The molecule has 1 amide bonds. The minimum atomic E-state index is 0.0287. The highest BCUT2D eigenvalue weighted by atomic mass is 16.2. The maximum atomic E-state index is 13.9. The Balaban J connectivity index is 1.13. The zero-order valence-corrected chi connectivity index (χ0v) is 23.2. The molecule has 2 heterocycles. The number of carbonyl (C=O) groups excluding carboxylic acids is 1. The zero-order chi connectivity index (χ0) is 25.4. The summed E-state index contributed by atoms with van der Waals surface area (Å²) in [4.78, 5) is 19.3. The van der Waals surface area contributed by atoms with E-state index in [4.69, 9.17) is 11.1 Å². The van der Waals surface area contributed by atoms with E-state index < -0.39 is 0 Å². The van der Waals surface area contributed by atoms with E-state index in [1.807, 2.05) is 0 Å². The van der Waals surface area contributed by atoms with E-state index >= 15 is 0 Å². The molecule has 0 aromatic heterocycles. The van der Waals surface area contributed by atoms with Crippen LogP contribution in [0.15, 0.2) is 0 Å². The Morgan fingerprint density at radius 3 is 2.35 bits per heavy atom.